The molecule has 0 amide bonds. The molecule has 0 atom stereocenters. The normalized spacial score (nSPS) is 18.1. The second kappa shape index (κ2) is 5.51. The summed E-state index contributed by atoms with van der Waals surface area (Å²) >= 11 is 0. The molecule has 0 fully saturated rings. The van der Waals surface area contributed by atoms with Gasteiger partial charge in [0.25, 0.3) is 0 Å². The van der Waals surface area contributed by atoms with E-state index in [2.05, 4.69) is 17.9 Å². The maximum atomic E-state index is 9.38. The summed E-state index contributed by atoms with van der Waals surface area (Å²) in [6, 6.07) is 0.205. The second-order valence-corrected chi connectivity index (χ2v) is 3.70. The van der Waals surface area contributed by atoms with E-state index in [-0.39, 0.29) is 12.6 Å². The maximum absolute atomic E-state index is 9.38. The molecule has 0 spiro atoms. The van der Waals surface area contributed by atoms with Gasteiger partial charge < -0.3 is 5.11 Å². The molecule has 82 valence electrons. The lowest BCUT2D eigenvalue weighted by Crippen LogP contribution is -2.27. The van der Waals surface area contributed by atoms with E-state index in [1.807, 2.05) is 32.1 Å². The third kappa shape index (κ3) is 2.80. The minimum atomic E-state index is -0.00921. The van der Waals surface area contributed by atoms with Crippen LogP contribution in [0.25, 0.3) is 0 Å². The molecule has 0 bridgehead atoms. The van der Waals surface area contributed by atoms with Gasteiger partial charge in [0.15, 0.2) is 0 Å². The van der Waals surface area contributed by atoms with Crippen LogP contribution in [0.1, 0.15) is 20.3 Å². The van der Waals surface area contributed by atoms with Gasteiger partial charge in [-0.1, -0.05) is 24.3 Å². The predicted molar refractivity (Wildman–Crippen MR) is 63.5 cm³/mol. The molecule has 15 heavy (non-hydrogen) atoms. The summed E-state index contributed by atoms with van der Waals surface area (Å²) in [6.45, 7) is 7.57. The van der Waals surface area contributed by atoms with Crippen LogP contribution in [-0.2, 0) is 0 Å². The lowest BCUT2D eigenvalue weighted by Gasteiger charge is -2.26. The smallest absolute Gasteiger partial charge is 0.0852 e. The number of nitrogens with zero attached hydrogens (tertiary/aromatic N) is 2. The molecule has 0 aliphatic heterocycles. The molecule has 0 saturated heterocycles. The summed E-state index contributed by atoms with van der Waals surface area (Å²) in [5.74, 6) is 0. The maximum Gasteiger partial charge on any atom is 0.0852 e. The number of aliphatic hydroxyl groups is 1. The van der Waals surface area contributed by atoms with Crippen LogP contribution >= 0.6 is 0 Å². The van der Waals surface area contributed by atoms with Crippen molar-refractivity contribution in [2.45, 2.75) is 26.3 Å². The molecule has 3 nitrogen and oxygen atoms in total. The quantitative estimate of drug-likeness (QED) is 0.564. The SMILES string of the molecule is C=NN(/C(CO)=C1/C=CC=CC1)C(C)C. The monoisotopic (exact) mass is 206 g/mol. The van der Waals surface area contributed by atoms with Crippen LogP contribution in [0.4, 0.5) is 0 Å². The summed E-state index contributed by atoms with van der Waals surface area (Å²) < 4.78 is 0. The van der Waals surface area contributed by atoms with Gasteiger partial charge in [0.1, 0.15) is 0 Å². The van der Waals surface area contributed by atoms with E-state index in [0.717, 1.165) is 17.7 Å². The van der Waals surface area contributed by atoms with Crippen molar-refractivity contribution in [1.82, 2.24) is 5.01 Å². The number of aliphatic hydroxyl groups excluding tert-OH is 1. The molecule has 1 aliphatic rings. The van der Waals surface area contributed by atoms with Gasteiger partial charge >= 0.3 is 0 Å². The molecule has 1 aliphatic carbocycles. The average Bonchev–Trinajstić information content (AvgIpc) is 2.26. The Bertz CT molecular complexity index is 314. The fraction of sp³-hybridized carbons (Fsp3) is 0.417. The van der Waals surface area contributed by atoms with Gasteiger partial charge in [0.2, 0.25) is 0 Å². The standard InChI is InChI=1S/C12H18N2O/c1-10(2)14(13-3)12(9-15)11-7-5-4-6-8-11/h4-7,10,15H,3,8-9H2,1-2H3/b12-11-. The van der Waals surface area contributed by atoms with E-state index in [1.165, 1.54) is 0 Å². The van der Waals surface area contributed by atoms with Crippen molar-refractivity contribution in [3.63, 3.8) is 0 Å². The zero-order valence-electron chi connectivity index (χ0n) is 9.35. The van der Waals surface area contributed by atoms with Crippen LogP contribution in [-0.4, -0.2) is 29.5 Å². The second-order valence-electron chi connectivity index (χ2n) is 3.70. The number of rotatable bonds is 4. The van der Waals surface area contributed by atoms with E-state index in [1.54, 1.807) is 5.01 Å². The number of allylic oxidation sites excluding steroid dienone is 5. The van der Waals surface area contributed by atoms with Crippen molar-refractivity contribution in [2.75, 3.05) is 6.61 Å². The van der Waals surface area contributed by atoms with Crippen LogP contribution in [0.15, 0.2) is 40.7 Å². The Morgan fingerprint density at radius 1 is 1.60 bits per heavy atom. The van der Waals surface area contributed by atoms with Gasteiger partial charge in [0.05, 0.1) is 12.3 Å². The zero-order valence-corrected chi connectivity index (χ0v) is 9.35. The molecular weight excluding hydrogens is 188 g/mol. The van der Waals surface area contributed by atoms with E-state index in [9.17, 15) is 5.11 Å². The molecule has 1 N–H and O–H groups in total. The highest BCUT2D eigenvalue weighted by Gasteiger charge is 2.14. The van der Waals surface area contributed by atoms with E-state index >= 15 is 0 Å². The molecule has 0 aromatic rings. The first-order valence-corrected chi connectivity index (χ1v) is 5.12. The molecule has 3 heteroatoms. The Morgan fingerprint density at radius 3 is 2.73 bits per heavy atom. The third-order valence-corrected chi connectivity index (χ3v) is 2.32. The molecule has 1 rings (SSSR count). The van der Waals surface area contributed by atoms with Crippen LogP contribution < -0.4 is 0 Å². The average molecular weight is 206 g/mol. The van der Waals surface area contributed by atoms with Gasteiger partial charge in [-0.15, -0.1) is 0 Å². The van der Waals surface area contributed by atoms with Crippen LogP contribution in [0.5, 0.6) is 0 Å². The molecule has 0 radical (unpaired) electrons. The fourth-order valence-electron chi connectivity index (χ4n) is 1.61. The van der Waals surface area contributed by atoms with Crippen LogP contribution in [0, 0.1) is 0 Å². The van der Waals surface area contributed by atoms with Crippen molar-refractivity contribution in [2.24, 2.45) is 5.10 Å². The van der Waals surface area contributed by atoms with Crippen molar-refractivity contribution >= 4 is 6.72 Å². The first kappa shape index (κ1) is 11.7. The molecule has 0 saturated carbocycles. The zero-order chi connectivity index (χ0) is 11.3. The Labute approximate surface area is 91.1 Å². The molecule has 0 aromatic heterocycles. The van der Waals surface area contributed by atoms with Gasteiger partial charge in [-0.2, -0.15) is 5.10 Å². The van der Waals surface area contributed by atoms with E-state index < -0.39 is 0 Å². The Kier molecular flexibility index (Phi) is 4.31. The summed E-state index contributed by atoms with van der Waals surface area (Å²) in [6.07, 6.45) is 8.87. The largest absolute Gasteiger partial charge is 0.390 e. The Hall–Kier alpha value is -1.35. The lowest BCUT2D eigenvalue weighted by atomic mass is 10.0. The lowest BCUT2D eigenvalue weighted by molar-refractivity contribution is 0.226. The first-order chi connectivity index (χ1) is 7.20. The topological polar surface area (TPSA) is 35.8 Å². The minimum Gasteiger partial charge on any atom is -0.390 e. The summed E-state index contributed by atoms with van der Waals surface area (Å²) in [5.41, 5.74) is 1.93. The van der Waals surface area contributed by atoms with Crippen LogP contribution in [0.2, 0.25) is 0 Å². The van der Waals surface area contributed by atoms with Gasteiger partial charge in [-0.05, 0) is 25.8 Å². The number of hydrogen-bond acceptors (Lipinski definition) is 3. The highest BCUT2D eigenvalue weighted by atomic mass is 16.3. The van der Waals surface area contributed by atoms with Crippen molar-refractivity contribution in [1.29, 1.82) is 0 Å². The number of hydrazone groups is 1. The predicted octanol–water partition coefficient (Wildman–Crippen LogP) is 2.07. The first-order valence-electron chi connectivity index (χ1n) is 5.12. The Balaban J connectivity index is 2.99. The van der Waals surface area contributed by atoms with E-state index in [0.29, 0.717) is 0 Å². The molecular formula is C12H18N2O. The number of hydrogen-bond donors (Lipinski definition) is 1. The highest BCUT2D eigenvalue weighted by molar-refractivity contribution is 5.34. The van der Waals surface area contributed by atoms with E-state index in [4.69, 9.17) is 0 Å². The summed E-state index contributed by atoms with van der Waals surface area (Å²) in [7, 11) is 0. The summed E-state index contributed by atoms with van der Waals surface area (Å²) in [5, 5.41) is 15.1. The minimum absolute atomic E-state index is 0.00921. The van der Waals surface area contributed by atoms with Crippen molar-refractivity contribution in [3.05, 3.63) is 35.6 Å². The van der Waals surface area contributed by atoms with Crippen molar-refractivity contribution < 1.29 is 5.11 Å². The van der Waals surface area contributed by atoms with Crippen LogP contribution in [0.3, 0.4) is 0 Å². The highest BCUT2D eigenvalue weighted by Crippen LogP contribution is 2.20. The summed E-state index contributed by atoms with van der Waals surface area (Å²) in [4.78, 5) is 0. The van der Waals surface area contributed by atoms with Gasteiger partial charge in [-0.25, -0.2) is 0 Å². The van der Waals surface area contributed by atoms with Gasteiger partial charge in [0, 0.05) is 12.8 Å². The molecule has 0 unspecified atom stereocenters. The third-order valence-electron chi connectivity index (χ3n) is 2.32. The fourth-order valence-corrected chi connectivity index (χ4v) is 1.61. The molecule has 0 heterocycles. The Morgan fingerprint density at radius 2 is 2.33 bits per heavy atom. The van der Waals surface area contributed by atoms with Crippen molar-refractivity contribution in [3.8, 4) is 0 Å². The van der Waals surface area contributed by atoms with Gasteiger partial charge in [-0.3, -0.25) is 5.01 Å². The molecule has 0 aromatic carbocycles.